The molecule has 1 N–H and O–H groups in total. The SMILES string of the molecule is CCCCCCC1=CC(C)NC(C)=C1. The lowest BCUT2D eigenvalue weighted by atomic mass is 10.0. The minimum atomic E-state index is 0.515. The van der Waals surface area contributed by atoms with Crippen molar-refractivity contribution >= 4 is 0 Å². The Kier molecular flexibility index (Phi) is 4.78. The van der Waals surface area contributed by atoms with Crippen molar-refractivity contribution < 1.29 is 0 Å². The van der Waals surface area contributed by atoms with Crippen LogP contribution in [0.2, 0.25) is 0 Å². The van der Waals surface area contributed by atoms with E-state index in [0.717, 1.165) is 0 Å². The minimum absolute atomic E-state index is 0.515. The van der Waals surface area contributed by atoms with Gasteiger partial charge in [0.15, 0.2) is 0 Å². The Balaban J connectivity index is 2.29. The van der Waals surface area contributed by atoms with Crippen molar-refractivity contribution in [2.75, 3.05) is 0 Å². The van der Waals surface area contributed by atoms with E-state index in [4.69, 9.17) is 0 Å². The van der Waals surface area contributed by atoms with E-state index in [1.54, 1.807) is 0 Å². The van der Waals surface area contributed by atoms with E-state index in [2.05, 4.69) is 38.2 Å². The maximum Gasteiger partial charge on any atom is 0.0418 e. The van der Waals surface area contributed by atoms with Crippen molar-refractivity contribution in [3.05, 3.63) is 23.4 Å². The second-order valence-corrected chi connectivity index (χ2v) is 4.31. The average molecular weight is 193 g/mol. The molecule has 1 aliphatic heterocycles. The smallest absolute Gasteiger partial charge is 0.0418 e. The Morgan fingerprint density at radius 3 is 2.71 bits per heavy atom. The minimum Gasteiger partial charge on any atom is -0.383 e. The number of rotatable bonds is 5. The largest absolute Gasteiger partial charge is 0.383 e. The van der Waals surface area contributed by atoms with Gasteiger partial charge in [-0.1, -0.05) is 32.3 Å². The van der Waals surface area contributed by atoms with Crippen LogP contribution in [0.1, 0.15) is 52.9 Å². The highest BCUT2D eigenvalue weighted by Gasteiger charge is 2.06. The lowest BCUT2D eigenvalue weighted by Gasteiger charge is -2.19. The first-order valence-corrected chi connectivity index (χ1v) is 5.88. The molecular weight excluding hydrogens is 170 g/mol. The number of dihydropyridines is 1. The van der Waals surface area contributed by atoms with E-state index >= 15 is 0 Å². The zero-order chi connectivity index (χ0) is 10.4. The zero-order valence-electron chi connectivity index (χ0n) is 9.77. The summed E-state index contributed by atoms with van der Waals surface area (Å²) in [6.07, 6.45) is 11.3. The van der Waals surface area contributed by atoms with Crippen molar-refractivity contribution in [1.82, 2.24) is 5.32 Å². The molecule has 80 valence electrons. The van der Waals surface area contributed by atoms with Crippen LogP contribution in [0, 0.1) is 0 Å². The Bertz CT molecular complexity index is 225. The van der Waals surface area contributed by atoms with Gasteiger partial charge in [-0.3, -0.25) is 0 Å². The molecule has 0 saturated carbocycles. The average Bonchev–Trinajstić information content (AvgIpc) is 2.11. The van der Waals surface area contributed by atoms with Crippen LogP contribution in [0.4, 0.5) is 0 Å². The van der Waals surface area contributed by atoms with Crippen LogP contribution >= 0.6 is 0 Å². The molecule has 0 amide bonds. The highest BCUT2D eigenvalue weighted by molar-refractivity contribution is 5.28. The maximum atomic E-state index is 3.40. The number of hydrogen-bond donors (Lipinski definition) is 1. The summed E-state index contributed by atoms with van der Waals surface area (Å²) in [4.78, 5) is 0. The summed E-state index contributed by atoms with van der Waals surface area (Å²) in [6, 6.07) is 0.515. The summed E-state index contributed by atoms with van der Waals surface area (Å²) in [6.45, 7) is 6.62. The molecule has 1 heterocycles. The first-order chi connectivity index (χ1) is 6.72. The first kappa shape index (κ1) is 11.4. The lowest BCUT2D eigenvalue weighted by molar-refractivity contribution is 0.653. The number of nitrogens with one attached hydrogen (secondary N) is 1. The highest BCUT2D eigenvalue weighted by Crippen LogP contribution is 2.16. The normalized spacial score (nSPS) is 21.2. The monoisotopic (exact) mass is 193 g/mol. The van der Waals surface area contributed by atoms with E-state index in [9.17, 15) is 0 Å². The van der Waals surface area contributed by atoms with Gasteiger partial charge in [-0.05, 0) is 38.3 Å². The zero-order valence-corrected chi connectivity index (χ0v) is 9.77. The molecule has 0 aromatic rings. The van der Waals surface area contributed by atoms with Gasteiger partial charge in [0.2, 0.25) is 0 Å². The predicted octanol–water partition coefficient (Wildman–Crippen LogP) is 3.78. The quantitative estimate of drug-likeness (QED) is 0.655. The summed E-state index contributed by atoms with van der Waals surface area (Å²) < 4.78 is 0. The fourth-order valence-corrected chi connectivity index (χ4v) is 2.00. The van der Waals surface area contributed by atoms with Crippen LogP contribution in [0.3, 0.4) is 0 Å². The molecule has 1 unspecified atom stereocenters. The van der Waals surface area contributed by atoms with E-state index in [1.165, 1.54) is 43.4 Å². The van der Waals surface area contributed by atoms with E-state index in [1.807, 2.05) is 0 Å². The van der Waals surface area contributed by atoms with Gasteiger partial charge in [0.05, 0.1) is 0 Å². The van der Waals surface area contributed by atoms with Crippen molar-refractivity contribution in [2.24, 2.45) is 0 Å². The van der Waals surface area contributed by atoms with Crippen LogP contribution in [-0.4, -0.2) is 6.04 Å². The van der Waals surface area contributed by atoms with Gasteiger partial charge < -0.3 is 5.32 Å². The summed E-state index contributed by atoms with van der Waals surface area (Å²) in [5.74, 6) is 0. The molecule has 0 aromatic carbocycles. The number of allylic oxidation sites excluding steroid dienone is 3. The molecule has 0 aliphatic carbocycles. The third kappa shape index (κ3) is 3.99. The topological polar surface area (TPSA) is 12.0 Å². The molecule has 1 atom stereocenters. The Morgan fingerprint density at radius 2 is 2.07 bits per heavy atom. The molecular formula is C13H23N. The van der Waals surface area contributed by atoms with Crippen molar-refractivity contribution in [3.63, 3.8) is 0 Å². The van der Waals surface area contributed by atoms with Crippen LogP contribution < -0.4 is 5.32 Å². The Labute approximate surface area is 88.3 Å². The Hall–Kier alpha value is -0.720. The fraction of sp³-hybridized carbons (Fsp3) is 0.692. The van der Waals surface area contributed by atoms with E-state index in [-0.39, 0.29) is 0 Å². The second kappa shape index (κ2) is 5.90. The van der Waals surface area contributed by atoms with Crippen molar-refractivity contribution in [3.8, 4) is 0 Å². The van der Waals surface area contributed by atoms with E-state index < -0.39 is 0 Å². The van der Waals surface area contributed by atoms with Gasteiger partial charge in [-0.2, -0.15) is 0 Å². The molecule has 0 saturated heterocycles. The van der Waals surface area contributed by atoms with Crippen molar-refractivity contribution in [1.29, 1.82) is 0 Å². The molecule has 1 nitrogen and oxygen atoms in total. The second-order valence-electron chi connectivity index (χ2n) is 4.31. The third-order valence-corrected chi connectivity index (χ3v) is 2.64. The van der Waals surface area contributed by atoms with Gasteiger partial charge >= 0.3 is 0 Å². The van der Waals surface area contributed by atoms with Crippen LogP contribution in [0.15, 0.2) is 23.4 Å². The van der Waals surface area contributed by atoms with Gasteiger partial charge in [-0.15, -0.1) is 0 Å². The van der Waals surface area contributed by atoms with Gasteiger partial charge in [0.25, 0.3) is 0 Å². The number of unbranched alkanes of at least 4 members (excludes halogenated alkanes) is 3. The molecule has 0 fully saturated rings. The fourth-order valence-electron chi connectivity index (χ4n) is 2.00. The molecule has 0 bridgehead atoms. The van der Waals surface area contributed by atoms with Gasteiger partial charge in [0.1, 0.15) is 0 Å². The molecule has 14 heavy (non-hydrogen) atoms. The third-order valence-electron chi connectivity index (χ3n) is 2.64. The molecule has 0 radical (unpaired) electrons. The van der Waals surface area contributed by atoms with Crippen molar-refractivity contribution in [2.45, 2.75) is 58.9 Å². The molecule has 0 aromatic heterocycles. The van der Waals surface area contributed by atoms with Gasteiger partial charge in [0, 0.05) is 11.7 Å². The van der Waals surface area contributed by atoms with E-state index in [0.29, 0.717) is 6.04 Å². The molecule has 1 rings (SSSR count). The summed E-state index contributed by atoms with van der Waals surface area (Å²) in [7, 11) is 0. The summed E-state index contributed by atoms with van der Waals surface area (Å²) in [5.41, 5.74) is 2.83. The standard InChI is InChI=1S/C13H23N/c1-4-5-6-7-8-13-9-11(2)14-12(3)10-13/h9-11,14H,4-8H2,1-3H3. The predicted molar refractivity (Wildman–Crippen MR) is 63.2 cm³/mol. The van der Waals surface area contributed by atoms with Crippen LogP contribution in [0.25, 0.3) is 0 Å². The Morgan fingerprint density at radius 1 is 1.29 bits per heavy atom. The summed E-state index contributed by atoms with van der Waals surface area (Å²) in [5, 5.41) is 3.40. The van der Waals surface area contributed by atoms with Crippen LogP contribution in [-0.2, 0) is 0 Å². The maximum absolute atomic E-state index is 3.40. The van der Waals surface area contributed by atoms with Gasteiger partial charge in [-0.25, -0.2) is 0 Å². The molecule has 1 heteroatoms. The molecule has 0 spiro atoms. The highest BCUT2D eigenvalue weighted by atomic mass is 14.9. The number of hydrogen-bond acceptors (Lipinski definition) is 1. The summed E-state index contributed by atoms with van der Waals surface area (Å²) >= 11 is 0. The first-order valence-electron chi connectivity index (χ1n) is 5.88. The lowest BCUT2D eigenvalue weighted by Crippen LogP contribution is -2.25. The van der Waals surface area contributed by atoms with Crippen LogP contribution in [0.5, 0.6) is 0 Å². The molecule has 1 aliphatic rings.